The zero-order chi connectivity index (χ0) is 19.5. The Labute approximate surface area is 166 Å². The van der Waals surface area contributed by atoms with Crippen LogP contribution in [0.3, 0.4) is 0 Å². The molecule has 144 valence electrons. The van der Waals surface area contributed by atoms with Crippen molar-refractivity contribution in [1.29, 1.82) is 0 Å². The van der Waals surface area contributed by atoms with Crippen LogP contribution in [-0.4, -0.2) is 48.8 Å². The van der Waals surface area contributed by atoms with E-state index in [9.17, 15) is 4.79 Å². The summed E-state index contributed by atoms with van der Waals surface area (Å²) in [5.41, 5.74) is 1.76. The minimum absolute atomic E-state index is 0.000475. The molecule has 2 N–H and O–H groups in total. The van der Waals surface area contributed by atoms with Crippen molar-refractivity contribution in [2.24, 2.45) is 0 Å². The monoisotopic (exact) mass is 395 g/mol. The fraction of sp³-hybridized carbons (Fsp3) is 0.316. The van der Waals surface area contributed by atoms with Gasteiger partial charge in [-0.1, -0.05) is 0 Å². The smallest absolute Gasteiger partial charge is 0.246 e. The summed E-state index contributed by atoms with van der Waals surface area (Å²) in [5, 5.41) is 4.07. The maximum absolute atomic E-state index is 12.4. The summed E-state index contributed by atoms with van der Waals surface area (Å²) in [6.45, 7) is 5.27. The highest BCUT2D eigenvalue weighted by atomic mass is 32.1. The second-order valence-corrected chi connectivity index (χ2v) is 7.97. The van der Waals surface area contributed by atoms with Gasteiger partial charge >= 0.3 is 0 Å². The molecule has 0 radical (unpaired) electrons. The molecule has 3 aromatic rings. The first-order valence-electron chi connectivity index (χ1n) is 9.07. The van der Waals surface area contributed by atoms with Gasteiger partial charge in [-0.3, -0.25) is 4.79 Å². The van der Waals surface area contributed by atoms with Crippen LogP contribution in [0.5, 0.6) is 0 Å². The molecule has 9 heteroatoms. The molecule has 0 saturated carbocycles. The van der Waals surface area contributed by atoms with Crippen molar-refractivity contribution in [3.8, 4) is 0 Å². The Balaban J connectivity index is 1.44. The number of nitrogens with one attached hydrogen (secondary N) is 2. The summed E-state index contributed by atoms with van der Waals surface area (Å²) >= 11 is 1.58. The van der Waals surface area contributed by atoms with Crippen molar-refractivity contribution in [2.45, 2.75) is 26.2 Å². The number of aromatic nitrogens is 5. The number of carbonyl (C=O) groups excluding carboxylic acids is 1. The molecule has 1 amide bonds. The van der Waals surface area contributed by atoms with Crippen molar-refractivity contribution in [2.75, 3.05) is 18.4 Å². The number of hydrogen-bond acceptors (Lipinski definition) is 7. The van der Waals surface area contributed by atoms with Crippen LogP contribution in [0.1, 0.15) is 34.4 Å². The van der Waals surface area contributed by atoms with E-state index in [4.69, 9.17) is 0 Å². The number of anilines is 2. The highest BCUT2D eigenvalue weighted by Crippen LogP contribution is 2.28. The number of nitrogens with zero attached hydrogens (tertiary/aromatic N) is 5. The molecule has 1 atom stereocenters. The van der Waals surface area contributed by atoms with E-state index in [0.29, 0.717) is 18.9 Å². The zero-order valence-electron chi connectivity index (χ0n) is 15.7. The van der Waals surface area contributed by atoms with E-state index in [1.165, 1.54) is 0 Å². The van der Waals surface area contributed by atoms with E-state index in [0.717, 1.165) is 33.6 Å². The minimum Gasteiger partial charge on any atom is -0.345 e. The van der Waals surface area contributed by atoms with E-state index >= 15 is 0 Å². The Hall–Kier alpha value is -3.07. The number of likely N-dealkylation sites (tertiary alicyclic amines) is 1. The van der Waals surface area contributed by atoms with E-state index in [1.54, 1.807) is 36.0 Å². The van der Waals surface area contributed by atoms with Gasteiger partial charge in [-0.15, -0.1) is 11.3 Å². The van der Waals surface area contributed by atoms with Crippen molar-refractivity contribution in [1.82, 2.24) is 29.8 Å². The van der Waals surface area contributed by atoms with Gasteiger partial charge in [0.05, 0.1) is 23.9 Å². The average molecular weight is 395 g/mol. The van der Waals surface area contributed by atoms with Crippen LogP contribution in [0.15, 0.2) is 30.9 Å². The average Bonchev–Trinajstić information content (AvgIpc) is 3.41. The van der Waals surface area contributed by atoms with Gasteiger partial charge in [0.1, 0.15) is 11.6 Å². The maximum atomic E-state index is 12.4. The maximum Gasteiger partial charge on any atom is 0.246 e. The third-order valence-corrected chi connectivity index (χ3v) is 5.39. The summed E-state index contributed by atoms with van der Waals surface area (Å²) in [5.74, 6) is 1.64. The molecular formula is C19H21N7OS. The predicted molar refractivity (Wildman–Crippen MR) is 108 cm³/mol. The van der Waals surface area contributed by atoms with Crippen molar-refractivity contribution in [3.63, 3.8) is 0 Å². The third kappa shape index (κ3) is 4.25. The number of imidazole rings is 1. The summed E-state index contributed by atoms with van der Waals surface area (Å²) in [6, 6.07) is 1.96. The van der Waals surface area contributed by atoms with Gasteiger partial charge in [-0.2, -0.15) is 0 Å². The van der Waals surface area contributed by atoms with Crippen LogP contribution in [0.2, 0.25) is 0 Å². The van der Waals surface area contributed by atoms with Gasteiger partial charge in [0, 0.05) is 42.2 Å². The lowest BCUT2D eigenvalue weighted by Crippen LogP contribution is -2.26. The van der Waals surface area contributed by atoms with Gasteiger partial charge in [0.15, 0.2) is 5.13 Å². The Bertz CT molecular complexity index is 996. The number of aryl methyl sites for hydroxylation is 2. The molecule has 8 nitrogen and oxygen atoms in total. The highest BCUT2D eigenvalue weighted by molar-refractivity contribution is 7.15. The Morgan fingerprint density at radius 3 is 3.00 bits per heavy atom. The van der Waals surface area contributed by atoms with Gasteiger partial charge in [-0.25, -0.2) is 19.9 Å². The number of amides is 1. The molecule has 0 spiro atoms. The molecule has 4 rings (SSSR count). The van der Waals surface area contributed by atoms with Crippen LogP contribution in [0, 0.1) is 13.8 Å². The minimum atomic E-state index is -0.000475. The zero-order valence-corrected chi connectivity index (χ0v) is 16.5. The lowest BCUT2D eigenvalue weighted by Gasteiger charge is -2.15. The summed E-state index contributed by atoms with van der Waals surface area (Å²) in [7, 11) is 0. The molecule has 28 heavy (non-hydrogen) atoms. The summed E-state index contributed by atoms with van der Waals surface area (Å²) in [4.78, 5) is 35.7. The van der Waals surface area contributed by atoms with Crippen LogP contribution < -0.4 is 5.32 Å². The number of thiazole rings is 1. The molecule has 3 aromatic heterocycles. The molecule has 0 aromatic carbocycles. The summed E-state index contributed by atoms with van der Waals surface area (Å²) < 4.78 is 0. The second kappa shape index (κ2) is 7.89. The lowest BCUT2D eigenvalue weighted by molar-refractivity contribution is -0.124. The Kier molecular flexibility index (Phi) is 5.16. The predicted octanol–water partition coefficient (Wildman–Crippen LogP) is 3.05. The molecule has 1 aliphatic heterocycles. The first kappa shape index (κ1) is 18.3. The third-order valence-electron chi connectivity index (χ3n) is 4.56. The molecular weight excluding hydrogens is 374 g/mol. The van der Waals surface area contributed by atoms with Crippen molar-refractivity contribution in [3.05, 3.63) is 53.0 Å². The first-order chi connectivity index (χ1) is 13.6. The largest absolute Gasteiger partial charge is 0.345 e. The van der Waals surface area contributed by atoms with Gasteiger partial charge in [0.25, 0.3) is 0 Å². The topological polar surface area (TPSA) is 99.7 Å². The van der Waals surface area contributed by atoms with Crippen LogP contribution >= 0.6 is 11.3 Å². The molecule has 0 bridgehead atoms. The highest BCUT2D eigenvalue weighted by Gasteiger charge is 2.27. The van der Waals surface area contributed by atoms with Crippen molar-refractivity contribution >= 4 is 34.3 Å². The van der Waals surface area contributed by atoms with Gasteiger partial charge in [0.2, 0.25) is 5.91 Å². The number of rotatable bonds is 5. The molecule has 1 fully saturated rings. The molecule has 0 aliphatic carbocycles. The Morgan fingerprint density at radius 1 is 1.36 bits per heavy atom. The summed E-state index contributed by atoms with van der Waals surface area (Å²) in [6.07, 6.45) is 9.31. The van der Waals surface area contributed by atoms with Gasteiger partial charge < -0.3 is 15.2 Å². The normalized spacial score (nSPS) is 16.8. The second-order valence-electron chi connectivity index (χ2n) is 6.74. The van der Waals surface area contributed by atoms with E-state index in [-0.39, 0.29) is 11.8 Å². The quantitative estimate of drug-likeness (QED) is 0.644. The van der Waals surface area contributed by atoms with Crippen molar-refractivity contribution < 1.29 is 4.79 Å². The number of hydrogen-bond donors (Lipinski definition) is 2. The Morgan fingerprint density at radius 2 is 2.25 bits per heavy atom. The molecule has 1 saturated heterocycles. The standard InChI is InChI=1S/C19H21N7OS/c1-12-8-21-19(28-12)25-17-7-16(23-13(2)24-17)14-5-6-26(10-14)18(27)4-3-15-9-20-11-22-15/h3-4,7-9,11,14H,5-6,10H2,1-2H3,(H,20,22)(H,21,23,24,25)/b4-3+. The van der Waals surface area contributed by atoms with Gasteiger partial charge in [-0.05, 0) is 26.3 Å². The lowest BCUT2D eigenvalue weighted by atomic mass is 10.0. The van der Waals surface area contributed by atoms with E-state index < -0.39 is 0 Å². The van der Waals surface area contributed by atoms with Crippen LogP contribution in [-0.2, 0) is 4.79 Å². The number of aromatic amines is 1. The van der Waals surface area contributed by atoms with Crippen LogP contribution in [0.25, 0.3) is 6.08 Å². The molecule has 1 unspecified atom stereocenters. The number of H-pyrrole nitrogens is 1. The fourth-order valence-electron chi connectivity index (χ4n) is 3.21. The SMILES string of the molecule is Cc1nc(Nc2ncc(C)s2)cc(C2CCN(C(=O)/C=C/c3cnc[nH]3)C2)n1. The number of carbonyl (C=O) groups is 1. The van der Waals surface area contributed by atoms with E-state index in [2.05, 4.69) is 30.2 Å². The fourth-order valence-corrected chi connectivity index (χ4v) is 3.88. The molecule has 1 aliphatic rings. The first-order valence-corrected chi connectivity index (χ1v) is 9.89. The molecule has 4 heterocycles. The van der Waals surface area contributed by atoms with Crippen LogP contribution in [0.4, 0.5) is 10.9 Å². The van der Waals surface area contributed by atoms with E-state index in [1.807, 2.05) is 31.0 Å².